The molecule has 0 saturated carbocycles. The highest BCUT2D eigenvalue weighted by Gasteiger charge is 2.42. The minimum atomic E-state index is -5.66. The topological polar surface area (TPSA) is 55.2 Å². The molecule has 0 amide bonds. The van der Waals surface area contributed by atoms with E-state index in [9.17, 15) is 40.8 Å². The normalized spacial score (nSPS) is 11.7. The summed E-state index contributed by atoms with van der Waals surface area (Å²) < 4.78 is 93.6. The van der Waals surface area contributed by atoms with Gasteiger partial charge in [0.1, 0.15) is 11.3 Å². The second-order valence-corrected chi connectivity index (χ2v) is 5.56. The van der Waals surface area contributed by atoms with Crippen molar-refractivity contribution in [2.24, 2.45) is 0 Å². The second kappa shape index (κ2) is 6.66. The molecule has 3 rings (SSSR count). The number of rotatable bonds is 3. The van der Waals surface area contributed by atoms with E-state index in [0.717, 1.165) is 12.1 Å². The van der Waals surface area contributed by atoms with Gasteiger partial charge in [0, 0.05) is 17.1 Å². The van der Waals surface area contributed by atoms with E-state index < -0.39 is 45.6 Å². The predicted octanol–water partition coefficient (Wildman–Crippen LogP) is 6.07. The molecule has 0 atom stereocenters. The van der Waals surface area contributed by atoms with Crippen molar-refractivity contribution in [3.05, 3.63) is 75.3 Å². The number of nitro benzene ring substituents is 1. The smallest absolute Gasteiger partial charge is 0.350 e. The SMILES string of the molecule is O=[N+]([O-])c1ccc(Nc2c(F)c(F)c(C(F)(F)F)c(F)c2F)c2ccccc12. The number of halogens is 7. The molecule has 0 aliphatic carbocycles. The fourth-order valence-electron chi connectivity index (χ4n) is 2.68. The Kier molecular flexibility index (Phi) is 4.61. The molecule has 0 aliphatic rings. The molecule has 0 heterocycles. The molecule has 0 unspecified atom stereocenters. The average Bonchev–Trinajstić information content (AvgIpc) is 2.62. The van der Waals surface area contributed by atoms with Crippen molar-refractivity contribution < 1.29 is 35.7 Å². The van der Waals surface area contributed by atoms with E-state index in [1.165, 1.54) is 24.3 Å². The Morgan fingerprint density at radius 2 is 1.36 bits per heavy atom. The molecule has 3 aromatic rings. The molecule has 146 valence electrons. The lowest BCUT2D eigenvalue weighted by Crippen LogP contribution is -2.16. The van der Waals surface area contributed by atoms with Crippen molar-refractivity contribution in [3.63, 3.8) is 0 Å². The number of benzene rings is 3. The summed E-state index contributed by atoms with van der Waals surface area (Å²) in [6.45, 7) is 0. The summed E-state index contributed by atoms with van der Waals surface area (Å²) in [5.41, 5.74) is -4.76. The van der Waals surface area contributed by atoms with Crippen molar-refractivity contribution in [1.82, 2.24) is 0 Å². The Hall–Kier alpha value is -3.37. The fraction of sp³-hybridized carbons (Fsp3) is 0.0588. The molecule has 0 aliphatic heterocycles. The van der Waals surface area contributed by atoms with Gasteiger partial charge in [0.25, 0.3) is 5.69 Å². The lowest BCUT2D eigenvalue weighted by atomic mass is 10.1. The number of nitrogens with zero attached hydrogens (tertiary/aromatic N) is 1. The maximum Gasteiger partial charge on any atom is 0.422 e. The number of fused-ring (bicyclic) bond motifs is 1. The first kappa shape index (κ1) is 19.4. The second-order valence-electron chi connectivity index (χ2n) is 5.56. The van der Waals surface area contributed by atoms with Crippen LogP contribution in [0.4, 0.5) is 47.8 Å². The molecular formula is C17H7F7N2O2. The highest BCUT2D eigenvalue weighted by atomic mass is 19.4. The summed E-state index contributed by atoms with van der Waals surface area (Å²) in [7, 11) is 0. The summed E-state index contributed by atoms with van der Waals surface area (Å²) in [4.78, 5) is 10.4. The van der Waals surface area contributed by atoms with Crippen LogP contribution in [-0.4, -0.2) is 4.92 Å². The summed E-state index contributed by atoms with van der Waals surface area (Å²) in [6.07, 6.45) is -5.66. The van der Waals surface area contributed by atoms with Crippen LogP contribution in [0, 0.1) is 33.4 Å². The lowest BCUT2D eigenvalue weighted by Gasteiger charge is -2.16. The number of hydrogen-bond acceptors (Lipinski definition) is 3. The van der Waals surface area contributed by atoms with Crippen LogP contribution >= 0.6 is 0 Å². The maximum absolute atomic E-state index is 14.1. The molecule has 0 spiro atoms. The minimum Gasteiger partial charge on any atom is -0.350 e. The first-order valence-corrected chi connectivity index (χ1v) is 7.40. The van der Waals surface area contributed by atoms with Gasteiger partial charge >= 0.3 is 6.18 Å². The summed E-state index contributed by atoms with van der Waals surface area (Å²) >= 11 is 0. The summed E-state index contributed by atoms with van der Waals surface area (Å²) in [5.74, 6) is -9.79. The van der Waals surface area contributed by atoms with Crippen LogP contribution in [0.25, 0.3) is 10.8 Å². The molecule has 0 aromatic heterocycles. The van der Waals surface area contributed by atoms with Gasteiger partial charge in [-0.3, -0.25) is 10.1 Å². The van der Waals surface area contributed by atoms with E-state index in [1.54, 1.807) is 0 Å². The standard InChI is InChI=1S/C17H7F7N2O2/c18-12-11(17(22,23)24)13(19)15(21)16(14(12)20)25-9-5-6-10(26(27)28)8-4-2-1-3-7(8)9/h1-6,25H. The Morgan fingerprint density at radius 3 is 1.86 bits per heavy atom. The third-order valence-corrected chi connectivity index (χ3v) is 3.90. The zero-order chi connectivity index (χ0) is 20.8. The molecule has 0 fully saturated rings. The fourth-order valence-corrected chi connectivity index (χ4v) is 2.68. The van der Waals surface area contributed by atoms with E-state index in [4.69, 9.17) is 0 Å². The van der Waals surface area contributed by atoms with Crippen LogP contribution in [0.15, 0.2) is 36.4 Å². The zero-order valence-corrected chi connectivity index (χ0v) is 13.4. The van der Waals surface area contributed by atoms with E-state index in [0.29, 0.717) is 0 Å². The quantitative estimate of drug-likeness (QED) is 0.250. The van der Waals surface area contributed by atoms with Crippen molar-refractivity contribution >= 4 is 27.8 Å². The lowest BCUT2D eigenvalue weighted by molar-refractivity contribution is -0.383. The minimum absolute atomic E-state index is 0.0335. The van der Waals surface area contributed by atoms with E-state index in [1.807, 2.05) is 5.32 Å². The van der Waals surface area contributed by atoms with Gasteiger partial charge in [-0.2, -0.15) is 13.2 Å². The third kappa shape index (κ3) is 3.08. The monoisotopic (exact) mass is 404 g/mol. The van der Waals surface area contributed by atoms with Gasteiger partial charge in [-0.1, -0.05) is 18.2 Å². The Morgan fingerprint density at radius 1 is 0.821 bits per heavy atom. The third-order valence-electron chi connectivity index (χ3n) is 3.90. The Balaban J connectivity index is 2.21. The van der Waals surface area contributed by atoms with Crippen molar-refractivity contribution in [2.75, 3.05) is 5.32 Å². The first-order chi connectivity index (χ1) is 13.0. The van der Waals surface area contributed by atoms with Gasteiger partial charge in [0.05, 0.1) is 10.3 Å². The summed E-state index contributed by atoms with van der Waals surface area (Å²) in [6, 6.07) is 7.48. The maximum atomic E-state index is 14.1. The molecule has 0 radical (unpaired) electrons. The first-order valence-electron chi connectivity index (χ1n) is 7.40. The van der Waals surface area contributed by atoms with Gasteiger partial charge in [0.2, 0.25) is 0 Å². The van der Waals surface area contributed by atoms with Crippen LogP contribution in [0.3, 0.4) is 0 Å². The summed E-state index contributed by atoms with van der Waals surface area (Å²) in [5, 5.41) is 13.1. The van der Waals surface area contributed by atoms with Gasteiger partial charge in [0.15, 0.2) is 23.3 Å². The molecule has 3 aromatic carbocycles. The molecule has 11 heteroatoms. The highest BCUT2D eigenvalue weighted by Crippen LogP contribution is 2.40. The van der Waals surface area contributed by atoms with Gasteiger partial charge in [-0.15, -0.1) is 0 Å². The highest BCUT2D eigenvalue weighted by molar-refractivity contribution is 6.00. The van der Waals surface area contributed by atoms with Gasteiger partial charge in [-0.05, 0) is 12.1 Å². The van der Waals surface area contributed by atoms with E-state index in [-0.39, 0.29) is 22.1 Å². The Labute approximate surface area is 151 Å². The molecule has 0 bridgehead atoms. The van der Waals surface area contributed by atoms with Crippen LogP contribution in [0.5, 0.6) is 0 Å². The molecule has 28 heavy (non-hydrogen) atoms. The van der Waals surface area contributed by atoms with E-state index >= 15 is 0 Å². The number of nitrogens with one attached hydrogen (secondary N) is 1. The number of nitro groups is 1. The van der Waals surface area contributed by atoms with Crippen LogP contribution in [0.2, 0.25) is 0 Å². The number of alkyl halides is 3. The number of anilines is 2. The molecule has 4 nitrogen and oxygen atoms in total. The van der Waals surface area contributed by atoms with Crippen LogP contribution < -0.4 is 5.32 Å². The van der Waals surface area contributed by atoms with Crippen molar-refractivity contribution in [3.8, 4) is 0 Å². The van der Waals surface area contributed by atoms with Crippen molar-refractivity contribution in [1.29, 1.82) is 0 Å². The average molecular weight is 404 g/mol. The van der Waals surface area contributed by atoms with Crippen molar-refractivity contribution in [2.45, 2.75) is 6.18 Å². The molecule has 0 saturated heterocycles. The van der Waals surface area contributed by atoms with Crippen LogP contribution in [-0.2, 0) is 6.18 Å². The van der Waals surface area contributed by atoms with E-state index in [2.05, 4.69) is 0 Å². The number of non-ortho nitro benzene ring substituents is 1. The number of hydrogen-bond donors (Lipinski definition) is 1. The van der Waals surface area contributed by atoms with Gasteiger partial charge in [-0.25, -0.2) is 17.6 Å². The molecular weight excluding hydrogens is 397 g/mol. The van der Waals surface area contributed by atoms with Gasteiger partial charge < -0.3 is 5.32 Å². The largest absolute Gasteiger partial charge is 0.422 e. The Bertz CT molecular complexity index is 1080. The zero-order valence-electron chi connectivity index (χ0n) is 13.4. The van der Waals surface area contributed by atoms with Crippen LogP contribution in [0.1, 0.15) is 5.56 Å². The molecule has 1 N–H and O–H groups in total. The predicted molar refractivity (Wildman–Crippen MR) is 85.2 cm³/mol.